The first kappa shape index (κ1) is 12.8. The first-order valence-corrected chi connectivity index (χ1v) is 7.48. The molecule has 0 radical (unpaired) electrons. The predicted molar refractivity (Wildman–Crippen MR) is 77.2 cm³/mol. The number of hydrogen-bond acceptors (Lipinski definition) is 5. The Labute approximate surface area is 117 Å². The summed E-state index contributed by atoms with van der Waals surface area (Å²) in [6.45, 7) is 7.39. The van der Waals surface area contributed by atoms with Crippen LogP contribution in [0.1, 0.15) is 10.7 Å². The summed E-state index contributed by atoms with van der Waals surface area (Å²) in [5.74, 6) is 0. The molecule has 1 aliphatic rings. The third-order valence-corrected chi connectivity index (χ3v) is 4.24. The Morgan fingerprint density at radius 1 is 1.37 bits per heavy atom. The molecule has 1 saturated heterocycles. The molecule has 6 heteroatoms. The molecule has 0 aliphatic carbocycles. The number of hydrogen-bond donors (Lipinski definition) is 1. The lowest BCUT2D eigenvalue weighted by atomic mass is 10.2. The van der Waals surface area contributed by atoms with Gasteiger partial charge in [-0.2, -0.15) is 5.10 Å². The summed E-state index contributed by atoms with van der Waals surface area (Å²) < 4.78 is 1.85. The molecular weight excluding hydrogens is 258 g/mol. The van der Waals surface area contributed by atoms with Crippen LogP contribution >= 0.6 is 11.3 Å². The Balaban J connectivity index is 1.74. The highest BCUT2D eigenvalue weighted by Crippen LogP contribution is 2.24. The average molecular weight is 277 g/mol. The highest BCUT2D eigenvalue weighted by molar-refractivity contribution is 7.09. The van der Waals surface area contributed by atoms with Gasteiger partial charge in [-0.25, -0.2) is 4.98 Å². The van der Waals surface area contributed by atoms with E-state index in [2.05, 4.69) is 20.7 Å². The number of aryl methyl sites for hydroxylation is 2. The molecule has 0 amide bonds. The van der Waals surface area contributed by atoms with Crippen molar-refractivity contribution in [1.29, 1.82) is 0 Å². The number of aromatic nitrogens is 3. The Hall–Kier alpha value is -1.24. The minimum absolute atomic E-state index is 0.964. The van der Waals surface area contributed by atoms with Crippen molar-refractivity contribution in [2.24, 2.45) is 7.05 Å². The van der Waals surface area contributed by atoms with Gasteiger partial charge in [0.1, 0.15) is 5.01 Å². The second-order valence-electron chi connectivity index (χ2n) is 4.95. The highest BCUT2D eigenvalue weighted by atomic mass is 32.1. The summed E-state index contributed by atoms with van der Waals surface area (Å²) >= 11 is 1.75. The van der Waals surface area contributed by atoms with E-state index < -0.39 is 0 Å². The van der Waals surface area contributed by atoms with E-state index in [-0.39, 0.29) is 0 Å². The van der Waals surface area contributed by atoms with Crippen LogP contribution in [0, 0.1) is 6.92 Å². The Morgan fingerprint density at radius 3 is 2.84 bits per heavy atom. The maximum Gasteiger partial charge on any atom is 0.107 e. The second-order valence-corrected chi connectivity index (χ2v) is 5.90. The number of rotatable bonds is 3. The van der Waals surface area contributed by atoms with Gasteiger partial charge in [0.2, 0.25) is 0 Å². The molecule has 3 rings (SSSR count). The molecule has 1 fully saturated rings. The van der Waals surface area contributed by atoms with E-state index in [1.807, 2.05) is 24.9 Å². The monoisotopic (exact) mass is 277 g/mol. The zero-order valence-corrected chi connectivity index (χ0v) is 12.2. The van der Waals surface area contributed by atoms with E-state index in [1.165, 1.54) is 5.01 Å². The molecular formula is C13H19N5S. The van der Waals surface area contributed by atoms with Crippen molar-refractivity contribution in [3.05, 3.63) is 22.3 Å². The van der Waals surface area contributed by atoms with E-state index in [9.17, 15) is 0 Å². The number of nitrogens with zero attached hydrogens (tertiary/aromatic N) is 4. The van der Waals surface area contributed by atoms with Crippen molar-refractivity contribution in [3.8, 4) is 11.3 Å². The van der Waals surface area contributed by atoms with Gasteiger partial charge in [0, 0.05) is 50.4 Å². The van der Waals surface area contributed by atoms with Crippen LogP contribution in [0.25, 0.3) is 11.3 Å². The van der Waals surface area contributed by atoms with Crippen LogP contribution in [0.4, 0.5) is 0 Å². The lowest BCUT2D eigenvalue weighted by molar-refractivity contribution is 0.233. The smallest absolute Gasteiger partial charge is 0.107 e. The van der Waals surface area contributed by atoms with Crippen LogP contribution in [0.5, 0.6) is 0 Å². The van der Waals surface area contributed by atoms with E-state index in [0.717, 1.165) is 49.7 Å². The van der Waals surface area contributed by atoms with Crippen molar-refractivity contribution in [1.82, 2.24) is 25.0 Å². The fraction of sp³-hybridized carbons (Fsp3) is 0.538. The van der Waals surface area contributed by atoms with Crippen LogP contribution in [-0.4, -0.2) is 45.8 Å². The zero-order chi connectivity index (χ0) is 13.2. The molecule has 5 nitrogen and oxygen atoms in total. The van der Waals surface area contributed by atoms with Gasteiger partial charge >= 0.3 is 0 Å². The molecule has 3 heterocycles. The van der Waals surface area contributed by atoms with Crippen molar-refractivity contribution in [2.75, 3.05) is 26.2 Å². The molecule has 19 heavy (non-hydrogen) atoms. The SMILES string of the molecule is Cc1nn(C)cc1-c1csc(CN2CCNCC2)n1. The third-order valence-electron chi connectivity index (χ3n) is 3.41. The largest absolute Gasteiger partial charge is 0.314 e. The third kappa shape index (κ3) is 2.86. The van der Waals surface area contributed by atoms with E-state index >= 15 is 0 Å². The van der Waals surface area contributed by atoms with E-state index in [0.29, 0.717) is 0 Å². The molecule has 0 aromatic carbocycles. The second kappa shape index (κ2) is 5.40. The van der Waals surface area contributed by atoms with Gasteiger partial charge in [-0.15, -0.1) is 11.3 Å². The summed E-state index contributed by atoms with van der Waals surface area (Å²) in [5, 5.41) is 11.1. The predicted octanol–water partition coefficient (Wildman–Crippen LogP) is 1.26. The van der Waals surface area contributed by atoms with Gasteiger partial charge in [-0.05, 0) is 6.92 Å². The standard InChI is InChI=1S/C13H19N5S/c1-10-11(7-17(2)16-10)12-9-19-13(15-12)8-18-5-3-14-4-6-18/h7,9,14H,3-6,8H2,1-2H3. The van der Waals surface area contributed by atoms with Gasteiger partial charge in [0.15, 0.2) is 0 Å². The van der Waals surface area contributed by atoms with Crippen LogP contribution in [0.2, 0.25) is 0 Å². The molecule has 1 aliphatic heterocycles. The molecule has 2 aromatic heterocycles. The van der Waals surface area contributed by atoms with Crippen LogP contribution in [0.3, 0.4) is 0 Å². The normalized spacial score (nSPS) is 16.9. The number of piperazine rings is 1. The van der Waals surface area contributed by atoms with Crippen molar-refractivity contribution in [2.45, 2.75) is 13.5 Å². The molecule has 0 spiro atoms. The number of thiazole rings is 1. The maximum atomic E-state index is 4.75. The minimum Gasteiger partial charge on any atom is -0.314 e. The van der Waals surface area contributed by atoms with Crippen molar-refractivity contribution < 1.29 is 0 Å². The summed E-state index contributed by atoms with van der Waals surface area (Å²) in [5.41, 5.74) is 3.24. The van der Waals surface area contributed by atoms with Crippen LogP contribution in [-0.2, 0) is 13.6 Å². The molecule has 0 bridgehead atoms. The summed E-state index contributed by atoms with van der Waals surface area (Å²) in [6, 6.07) is 0. The van der Waals surface area contributed by atoms with Gasteiger partial charge in [-0.1, -0.05) is 0 Å². The fourth-order valence-corrected chi connectivity index (χ4v) is 3.25. The number of nitrogens with one attached hydrogen (secondary N) is 1. The zero-order valence-electron chi connectivity index (χ0n) is 11.4. The maximum absolute atomic E-state index is 4.75. The van der Waals surface area contributed by atoms with Gasteiger partial charge in [0.25, 0.3) is 0 Å². The van der Waals surface area contributed by atoms with Crippen LogP contribution < -0.4 is 5.32 Å². The summed E-state index contributed by atoms with van der Waals surface area (Å²) in [4.78, 5) is 7.21. The fourth-order valence-electron chi connectivity index (χ4n) is 2.42. The molecule has 0 saturated carbocycles. The Kier molecular flexibility index (Phi) is 3.63. The average Bonchev–Trinajstić information content (AvgIpc) is 2.97. The quantitative estimate of drug-likeness (QED) is 0.917. The van der Waals surface area contributed by atoms with E-state index in [1.54, 1.807) is 11.3 Å². The van der Waals surface area contributed by atoms with E-state index in [4.69, 9.17) is 4.98 Å². The van der Waals surface area contributed by atoms with Gasteiger partial charge < -0.3 is 5.32 Å². The topological polar surface area (TPSA) is 46.0 Å². The lowest BCUT2D eigenvalue weighted by Gasteiger charge is -2.26. The van der Waals surface area contributed by atoms with Crippen LogP contribution in [0.15, 0.2) is 11.6 Å². The van der Waals surface area contributed by atoms with Crippen molar-refractivity contribution >= 4 is 11.3 Å². The molecule has 0 unspecified atom stereocenters. The Bertz CT molecular complexity index is 553. The molecule has 102 valence electrons. The van der Waals surface area contributed by atoms with Crippen molar-refractivity contribution in [3.63, 3.8) is 0 Å². The first-order valence-electron chi connectivity index (χ1n) is 6.60. The summed E-state index contributed by atoms with van der Waals surface area (Å²) in [7, 11) is 1.95. The highest BCUT2D eigenvalue weighted by Gasteiger charge is 2.14. The lowest BCUT2D eigenvalue weighted by Crippen LogP contribution is -2.42. The Morgan fingerprint density at radius 2 is 2.16 bits per heavy atom. The minimum atomic E-state index is 0.964. The molecule has 2 aromatic rings. The molecule has 1 N–H and O–H groups in total. The molecule has 0 atom stereocenters. The van der Waals surface area contributed by atoms with Gasteiger partial charge in [-0.3, -0.25) is 9.58 Å². The summed E-state index contributed by atoms with van der Waals surface area (Å²) in [6.07, 6.45) is 2.04. The van der Waals surface area contributed by atoms with Gasteiger partial charge in [0.05, 0.1) is 17.9 Å². The first-order chi connectivity index (χ1) is 9.22.